The molecule has 96 valence electrons. The molecule has 0 bridgehead atoms. The van der Waals surface area contributed by atoms with Gasteiger partial charge in [0.25, 0.3) is 0 Å². The van der Waals surface area contributed by atoms with Gasteiger partial charge in [-0.2, -0.15) is 0 Å². The number of nitrogens with one attached hydrogen (secondary N) is 1. The fourth-order valence-corrected chi connectivity index (χ4v) is 2.52. The Hall–Kier alpha value is -0.0800. The zero-order valence-electron chi connectivity index (χ0n) is 12.1. The van der Waals surface area contributed by atoms with Crippen LogP contribution in [0.25, 0.3) is 0 Å². The van der Waals surface area contributed by atoms with Crippen LogP contribution in [-0.2, 0) is 0 Å². The monoisotopic (exact) mass is 226 g/mol. The van der Waals surface area contributed by atoms with Crippen LogP contribution in [0, 0.1) is 0 Å². The van der Waals surface area contributed by atoms with Gasteiger partial charge in [0.1, 0.15) is 0 Å². The van der Waals surface area contributed by atoms with E-state index < -0.39 is 0 Å². The van der Waals surface area contributed by atoms with E-state index in [1.165, 1.54) is 32.4 Å². The Bertz CT molecular complexity index is 210. The largest absolute Gasteiger partial charge is 0.309 e. The van der Waals surface area contributed by atoms with Crippen LogP contribution in [0.5, 0.6) is 0 Å². The lowest BCUT2D eigenvalue weighted by molar-refractivity contribution is 0.141. The van der Waals surface area contributed by atoms with Gasteiger partial charge >= 0.3 is 0 Å². The molecule has 0 spiro atoms. The van der Waals surface area contributed by atoms with Crippen molar-refractivity contribution in [3.63, 3.8) is 0 Å². The van der Waals surface area contributed by atoms with E-state index >= 15 is 0 Å². The Kier molecular flexibility index (Phi) is 4.42. The van der Waals surface area contributed by atoms with Crippen LogP contribution in [0.1, 0.15) is 60.8 Å². The van der Waals surface area contributed by atoms with Gasteiger partial charge in [0.15, 0.2) is 0 Å². The maximum atomic E-state index is 3.74. The first-order chi connectivity index (χ1) is 7.18. The third-order valence-corrected chi connectivity index (χ3v) is 3.31. The molecule has 2 heteroatoms. The Morgan fingerprint density at radius 1 is 0.938 bits per heavy atom. The van der Waals surface area contributed by atoms with E-state index in [0.717, 1.165) is 0 Å². The van der Waals surface area contributed by atoms with Gasteiger partial charge < -0.3 is 5.32 Å². The van der Waals surface area contributed by atoms with Gasteiger partial charge in [-0.1, -0.05) is 0 Å². The van der Waals surface area contributed by atoms with Gasteiger partial charge in [0.05, 0.1) is 0 Å². The summed E-state index contributed by atoms with van der Waals surface area (Å²) >= 11 is 0. The summed E-state index contributed by atoms with van der Waals surface area (Å²) in [6, 6.07) is 0.701. The zero-order chi connectivity index (χ0) is 12.4. The minimum atomic E-state index is 0.252. The number of nitrogens with zero attached hydrogens (tertiary/aromatic N) is 1. The van der Waals surface area contributed by atoms with Crippen LogP contribution in [0.3, 0.4) is 0 Å². The number of hydrogen-bond acceptors (Lipinski definition) is 2. The number of rotatable bonds is 1. The summed E-state index contributed by atoms with van der Waals surface area (Å²) in [6.45, 7) is 16.3. The van der Waals surface area contributed by atoms with Crippen molar-refractivity contribution in [1.82, 2.24) is 10.2 Å². The molecule has 0 aromatic rings. The van der Waals surface area contributed by atoms with Crippen molar-refractivity contribution in [2.75, 3.05) is 13.1 Å². The molecule has 1 aliphatic rings. The lowest BCUT2D eigenvalue weighted by Crippen LogP contribution is -2.45. The molecule has 0 radical (unpaired) electrons. The van der Waals surface area contributed by atoms with E-state index in [-0.39, 0.29) is 5.54 Å². The highest BCUT2D eigenvalue weighted by molar-refractivity contribution is 4.85. The highest BCUT2D eigenvalue weighted by Gasteiger charge is 2.26. The molecule has 0 saturated carbocycles. The van der Waals surface area contributed by atoms with Crippen LogP contribution in [0.4, 0.5) is 0 Å². The minimum Gasteiger partial charge on any atom is -0.309 e. The van der Waals surface area contributed by atoms with Crippen molar-refractivity contribution in [3.05, 3.63) is 0 Å². The average Bonchev–Trinajstić information content (AvgIpc) is 2.25. The predicted molar refractivity (Wildman–Crippen MR) is 71.9 cm³/mol. The molecule has 1 unspecified atom stereocenters. The molecule has 2 nitrogen and oxygen atoms in total. The van der Waals surface area contributed by atoms with Crippen LogP contribution in [-0.4, -0.2) is 35.1 Å². The summed E-state index contributed by atoms with van der Waals surface area (Å²) in [4.78, 5) is 2.62. The lowest BCUT2D eigenvalue weighted by atomic mass is 10.0. The molecule has 1 aliphatic heterocycles. The van der Waals surface area contributed by atoms with E-state index in [0.29, 0.717) is 11.6 Å². The summed E-state index contributed by atoms with van der Waals surface area (Å²) < 4.78 is 0. The average molecular weight is 226 g/mol. The highest BCUT2D eigenvalue weighted by atomic mass is 15.2. The Morgan fingerprint density at radius 2 is 1.56 bits per heavy atom. The van der Waals surface area contributed by atoms with Crippen molar-refractivity contribution >= 4 is 0 Å². The molecule has 16 heavy (non-hydrogen) atoms. The number of likely N-dealkylation sites (tertiary alicyclic amines) is 1. The van der Waals surface area contributed by atoms with Crippen molar-refractivity contribution in [2.45, 2.75) is 77.9 Å². The maximum Gasteiger partial charge on any atom is 0.0125 e. The summed E-state index contributed by atoms with van der Waals surface area (Å²) in [5.74, 6) is 0. The van der Waals surface area contributed by atoms with E-state index in [4.69, 9.17) is 0 Å². The first-order valence-electron chi connectivity index (χ1n) is 6.71. The van der Waals surface area contributed by atoms with Gasteiger partial charge in [0, 0.05) is 23.7 Å². The summed E-state index contributed by atoms with van der Waals surface area (Å²) in [6.07, 6.45) is 3.93. The first kappa shape index (κ1) is 14.0. The van der Waals surface area contributed by atoms with E-state index in [1.807, 2.05) is 0 Å². The fraction of sp³-hybridized carbons (Fsp3) is 1.00. The first-order valence-corrected chi connectivity index (χ1v) is 6.71. The molecule has 1 rings (SSSR count). The Morgan fingerprint density at radius 3 is 2.06 bits per heavy atom. The Balaban J connectivity index is 2.47. The number of hydrogen-bond donors (Lipinski definition) is 1. The SMILES string of the molecule is CC(C)(C)NC1CCCN(C(C)(C)C)CC1. The van der Waals surface area contributed by atoms with Gasteiger partial charge in [-0.05, 0) is 67.3 Å². The smallest absolute Gasteiger partial charge is 0.0125 e. The van der Waals surface area contributed by atoms with E-state index in [1.54, 1.807) is 0 Å². The van der Waals surface area contributed by atoms with Crippen molar-refractivity contribution in [3.8, 4) is 0 Å². The second-order valence-electron chi connectivity index (χ2n) is 7.18. The highest BCUT2D eigenvalue weighted by Crippen LogP contribution is 2.20. The molecule has 1 saturated heterocycles. The van der Waals surface area contributed by atoms with Crippen molar-refractivity contribution in [2.24, 2.45) is 0 Å². The lowest BCUT2D eigenvalue weighted by Gasteiger charge is -2.35. The standard InChI is InChI=1S/C14H30N2/c1-13(2,3)15-12-8-7-10-16(11-9-12)14(4,5)6/h12,15H,7-11H2,1-6H3. The van der Waals surface area contributed by atoms with Gasteiger partial charge in [-0.15, -0.1) is 0 Å². The van der Waals surface area contributed by atoms with Gasteiger partial charge in [-0.3, -0.25) is 4.90 Å². The zero-order valence-corrected chi connectivity index (χ0v) is 12.1. The second kappa shape index (κ2) is 5.05. The van der Waals surface area contributed by atoms with Crippen LogP contribution >= 0.6 is 0 Å². The molecule has 0 aliphatic carbocycles. The Labute approximate surface area is 102 Å². The molecule has 1 atom stereocenters. The molecule has 1 fully saturated rings. The maximum absolute atomic E-state index is 3.74. The predicted octanol–water partition coefficient (Wildman–Crippen LogP) is 3.03. The van der Waals surface area contributed by atoms with Gasteiger partial charge in [-0.25, -0.2) is 0 Å². The van der Waals surface area contributed by atoms with E-state index in [2.05, 4.69) is 51.8 Å². The summed E-state index contributed by atoms with van der Waals surface area (Å²) in [5, 5.41) is 3.74. The fourth-order valence-electron chi connectivity index (χ4n) is 2.52. The minimum absolute atomic E-state index is 0.252. The quantitative estimate of drug-likeness (QED) is 0.739. The van der Waals surface area contributed by atoms with Crippen LogP contribution < -0.4 is 5.32 Å². The topological polar surface area (TPSA) is 15.3 Å². The molecule has 0 aromatic heterocycles. The molecular weight excluding hydrogens is 196 g/mol. The van der Waals surface area contributed by atoms with Crippen molar-refractivity contribution in [1.29, 1.82) is 0 Å². The van der Waals surface area contributed by atoms with Crippen LogP contribution in [0.2, 0.25) is 0 Å². The molecular formula is C14H30N2. The molecule has 1 heterocycles. The van der Waals surface area contributed by atoms with Crippen molar-refractivity contribution < 1.29 is 0 Å². The van der Waals surface area contributed by atoms with Crippen LogP contribution in [0.15, 0.2) is 0 Å². The second-order valence-corrected chi connectivity index (χ2v) is 7.18. The molecule has 0 amide bonds. The summed E-state index contributed by atoms with van der Waals surface area (Å²) in [7, 11) is 0. The molecule has 1 N–H and O–H groups in total. The normalized spacial score (nSPS) is 25.5. The van der Waals surface area contributed by atoms with E-state index in [9.17, 15) is 0 Å². The summed E-state index contributed by atoms with van der Waals surface area (Å²) in [5.41, 5.74) is 0.582. The third-order valence-electron chi connectivity index (χ3n) is 3.31. The third kappa shape index (κ3) is 4.84. The molecule has 0 aromatic carbocycles. The van der Waals surface area contributed by atoms with Gasteiger partial charge in [0.2, 0.25) is 0 Å².